The molecule has 5 nitrogen and oxygen atoms in total. The fourth-order valence-corrected chi connectivity index (χ4v) is 4.01. The Hall–Kier alpha value is -2.25. The normalized spacial score (nSPS) is 11.5. The van der Waals surface area contributed by atoms with Crippen molar-refractivity contribution in [2.45, 2.75) is 31.2 Å². The summed E-state index contributed by atoms with van der Waals surface area (Å²) in [5.74, 6) is -0.559. The lowest BCUT2D eigenvalue weighted by atomic mass is 9.86. The quantitative estimate of drug-likeness (QED) is 0.262. The first-order valence-corrected chi connectivity index (χ1v) is 10.3. The second-order valence-corrected chi connectivity index (χ2v) is 8.88. The van der Waals surface area contributed by atoms with E-state index in [0.29, 0.717) is 5.56 Å². The highest BCUT2D eigenvalue weighted by Crippen LogP contribution is 2.27. The second kappa shape index (κ2) is 8.19. The van der Waals surface area contributed by atoms with E-state index < -0.39 is 5.97 Å². The van der Waals surface area contributed by atoms with Gasteiger partial charge in [-0.05, 0) is 22.4 Å². The Balaban J connectivity index is 1.51. The molecule has 0 spiro atoms. The third-order valence-electron chi connectivity index (χ3n) is 3.99. The molecule has 27 heavy (non-hydrogen) atoms. The van der Waals surface area contributed by atoms with Gasteiger partial charge in [-0.3, -0.25) is 9.59 Å². The van der Waals surface area contributed by atoms with Crippen LogP contribution < -0.4 is 0 Å². The number of benzene rings is 1. The molecule has 7 heteroatoms. The molecule has 0 atom stereocenters. The Labute approximate surface area is 166 Å². The van der Waals surface area contributed by atoms with Crippen molar-refractivity contribution in [1.29, 1.82) is 0 Å². The molecular weight excluding hydrogens is 380 g/mol. The zero-order chi connectivity index (χ0) is 19.4. The van der Waals surface area contributed by atoms with Gasteiger partial charge in [-0.1, -0.05) is 56.8 Å². The number of hydrogen-bond acceptors (Lipinski definition) is 7. The number of Topliss-reactive ketones (excluding diaryl/α,β-unsaturated/α-hetero) is 1. The van der Waals surface area contributed by atoms with E-state index in [2.05, 4.69) is 30.7 Å². The molecule has 3 rings (SSSR count). The van der Waals surface area contributed by atoms with Gasteiger partial charge in [0.25, 0.3) is 0 Å². The summed E-state index contributed by atoms with van der Waals surface area (Å²) >= 11 is 2.81. The van der Waals surface area contributed by atoms with Gasteiger partial charge in [-0.25, -0.2) is 9.97 Å². The van der Waals surface area contributed by atoms with Crippen LogP contribution in [0.25, 0.3) is 10.2 Å². The highest BCUT2D eigenvalue weighted by Gasteiger charge is 2.15. The Morgan fingerprint density at radius 3 is 2.56 bits per heavy atom. The van der Waals surface area contributed by atoms with E-state index in [1.54, 1.807) is 12.1 Å². The lowest BCUT2D eigenvalue weighted by Crippen LogP contribution is -2.16. The molecule has 0 fully saturated rings. The van der Waals surface area contributed by atoms with Crippen molar-refractivity contribution in [1.82, 2.24) is 9.97 Å². The lowest BCUT2D eigenvalue weighted by molar-refractivity contribution is -0.139. The Morgan fingerprint density at radius 2 is 1.85 bits per heavy atom. The maximum Gasteiger partial charge on any atom is 0.316 e. The van der Waals surface area contributed by atoms with Crippen molar-refractivity contribution in [3.8, 4) is 0 Å². The lowest BCUT2D eigenvalue weighted by Gasteiger charge is -2.18. The van der Waals surface area contributed by atoms with E-state index in [-0.39, 0.29) is 23.6 Å². The zero-order valence-electron chi connectivity index (χ0n) is 15.4. The number of ketones is 1. The number of ether oxygens (including phenoxy) is 1. The average Bonchev–Trinajstić information content (AvgIpc) is 3.13. The molecular formula is C20H20N2O3S2. The Kier molecular flexibility index (Phi) is 5.92. The first-order chi connectivity index (χ1) is 12.8. The standard InChI is InChI=1S/C20H20N2O3S2/c1-20(2,3)14-6-4-13(5-7-14)16(23)10-25-17(24)11-27-19-15-8-9-26-18(15)21-12-22-19/h4-9,12H,10-11H2,1-3H3. The van der Waals surface area contributed by atoms with Crippen LogP contribution in [0.5, 0.6) is 0 Å². The molecule has 0 aliphatic heterocycles. The fourth-order valence-electron chi connectivity index (χ4n) is 2.44. The smallest absolute Gasteiger partial charge is 0.316 e. The van der Waals surface area contributed by atoms with Crippen LogP contribution in [0.1, 0.15) is 36.7 Å². The molecule has 0 N–H and O–H groups in total. The molecule has 0 aliphatic carbocycles. The van der Waals surface area contributed by atoms with Crippen molar-refractivity contribution in [2.75, 3.05) is 12.4 Å². The fraction of sp³-hybridized carbons (Fsp3) is 0.300. The minimum absolute atomic E-state index is 0.0279. The van der Waals surface area contributed by atoms with Gasteiger partial charge in [-0.2, -0.15) is 0 Å². The summed E-state index contributed by atoms with van der Waals surface area (Å²) in [5, 5.41) is 3.60. The molecule has 0 saturated carbocycles. The number of thiophene rings is 1. The number of carbonyl (C=O) groups is 2. The van der Waals surface area contributed by atoms with Crippen LogP contribution in [-0.2, 0) is 14.9 Å². The van der Waals surface area contributed by atoms with E-state index in [0.717, 1.165) is 20.8 Å². The summed E-state index contributed by atoms with van der Waals surface area (Å²) in [6.45, 7) is 6.09. The van der Waals surface area contributed by atoms with Gasteiger partial charge in [0.1, 0.15) is 16.2 Å². The number of nitrogens with zero attached hydrogens (tertiary/aromatic N) is 2. The average molecular weight is 401 g/mol. The molecule has 0 radical (unpaired) electrons. The number of aromatic nitrogens is 2. The Bertz CT molecular complexity index is 959. The van der Waals surface area contributed by atoms with Crippen LogP contribution in [-0.4, -0.2) is 34.1 Å². The SMILES string of the molecule is CC(C)(C)c1ccc(C(=O)COC(=O)CSc2ncnc3sccc23)cc1. The van der Waals surface area contributed by atoms with Crippen molar-refractivity contribution in [2.24, 2.45) is 0 Å². The van der Waals surface area contributed by atoms with Gasteiger partial charge in [-0.15, -0.1) is 11.3 Å². The molecule has 0 aliphatic rings. The first kappa shape index (κ1) is 19.5. The minimum atomic E-state index is -0.443. The third-order valence-corrected chi connectivity index (χ3v) is 5.79. The van der Waals surface area contributed by atoms with E-state index >= 15 is 0 Å². The summed E-state index contributed by atoms with van der Waals surface area (Å²) in [5.41, 5.74) is 1.72. The number of carbonyl (C=O) groups excluding carboxylic acids is 2. The van der Waals surface area contributed by atoms with Gasteiger partial charge < -0.3 is 4.74 Å². The molecule has 1 aromatic carbocycles. The third kappa shape index (κ3) is 4.93. The van der Waals surface area contributed by atoms with Crippen molar-refractivity contribution < 1.29 is 14.3 Å². The summed E-state index contributed by atoms with van der Waals surface area (Å²) < 4.78 is 5.12. The number of fused-ring (bicyclic) bond motifs is 1. The number of rotatable bonds is 6. The topological polar surface area (TPSA) is 69.2 Å². The largest absolute Gasteiger partial charge is 0.457 e. The summed E-state index contributed by atoms with van der Waals surface area (Å²) in [7, 11) is 0. The molecule has 2 heterocycles. The maximum absolute atomic E-state index is 12.2. The zero-order valence-corrected chi connectivity index (χ0v) is 17.0. The van der Waals surface area contributed by atoms with Crippen molar-refractivity contribution in [3.05, 3.63) is 53.2 Å². The number of esters is 1. The van der Waals surface area contributed by atoms with Crippen LogP contribution in [0, 0.1) is 0 Å². The summed E-state index contributed by atoms with van der Waals surface area (Å²) in [6.07, 6.45) is 1.48. The molecule has 0 unspecified atom stereocenters. The summed E-state index contributed by atoms with van der Waals surface area (Å²) in [6, 6.07) is 9.36. The van der Waals surface area contributed by atoms with Gasteiger partial charge in [0.15, 0.2) is 12.4 Å². The van der Waals surface area contributed by atoms with Crippen LogP contribution in [0.2, 0.25) is 0 Å². The molecule has 0 saturated heterocycles. The molecule has 140 valence electrons. The first-order valence-electron chi connectivity index (χ1n) is 8.45. The summed E-state index contributed by atoms with van der Waals surface area (Å²) in [4.78, 5) is 33.5. The molecule has 0 amide bonds. The van der Waals surface area contributed by atoms with Gasteiger partial charge in [0.2, 0.25) is 0 Å². The Morgan fingerprint density at radius 1 is 1.11 bits per heavy atom. The van der Waals surface area contributed by atoms with Gasteiger partial charge in [0.05, 0.1) is 5.75 Å². The molecule has 2 aromatic heterocycles. The van der Waals surface area contributed by atoms with Crippen LogP contribution in [0.15, 0.2) is 47.1 Å². The molecule has 0 bridgehead atoms. The van der Waals surface area contributed by atoms with Crippen LogP contribution in [0.4, 0.5) is 0 Å². The number of thioether (sulfide) groups is 1. The number of hydrogen-bond donors (Lipinski definition) is 0. The predicted octanol–water partition coefficient (Wildman–Crippen LogP) is 4.51. The van der Waals surface area contributed by atoms with Crippen molar-refractivity contribution in [3.63, 3.8) is 0 Å². The van der Waals surface area contributed by atoms with E-state index in [9.17, 15) is 9.59 Å². The van der Waals surface area contributed by atoms with Crippen LogP contribution in [0.3, 0.4) is 0 Å². The van der Waals surface area contributed by atoms with Crippen molar-refractivity contribution >= 4 is 45.1 Å². The van der Waals surface area contributed by atoms with E-state index in [1.807, 2.05) is 23.6 Å². The van der Waals surface area contributed by atoms with E-state index in [1.165, 1.54) is 29.4 Å². The predicted molar refractivity (Wildman–Crippen MR) is 109 cm³/mol. The van der Waals surface area contributed by atoms with Crippen LogP contribution >= 0.6 is 23.1 Å². The maximum atomic E-state index is 12.2. The second-order valence-electron chi connectivity index (χ2n) is 7.02. The minimum Gasteiger partial charge on any atom is -0.457 e. The van der Waals surface area contributed by atoms with Gasteiger partial charge in [0, 0.05) is 10.9 Å². The van der Waals surface area contributed by atoms with E-state index in [4.69, 9.17) is 4.74 Å². The molecule has 3 aromatic rings. The monoisotopic (exact) mass is 400 g/mol. The highest BCUT2D eigenvalue weighted by molar-refractivity contribution is 8.00. The highest BCUT2D eigenvalue weighted by atomic mass is 32.2. The van der Waals surface area contributed by atoms with Gasteiger partial charge >= 0.3 is 5.97 Å².